The lowest BCUT2D eigenvalue weighted by atomic mass is 10.2. The molecule has 0 aliphatic carbocycles. The van der Waals surface area contributed by atoms with E-state index in [1.807, 2.05) is 0 Å². The van der Waals surface area contributed by atoms with Crippen molar-refractivity contribution in [3.8, 4) is 5.75 Å². The lowest BCUT2D eigenvalue weighted by Crippen LogP contribution is -2.32. The van der Waals surface area contributed by atoms with E-state index in [4.69, 9.17) is 10.5 Å². The second-order valence-electron chi connectivity index (χ2n) is 4.14. The molecule has 0 heterocycles. The van der Waals surface area contributed by atoms with Crippen molar-refractivity contribution < 1.29 is 23.1 Å². The number of ether oxygens (including phenoxy) is 1. The monoisotopic (exact) mass is 302 g/mol. The Bertz CT molecular complexity index is 586. The molecule has 1 unspecified atom stereocenters. The van der Waals surface area contributed by atoms with Gasteiger partial charge in [0.25, 0.3) is 5.91 Å². The molecule has 1 amide bonds. The average Bonchev–Trinajstić information content (AvgIpc) is 2.43. The van der Waals surface area contributed by atoms with E-state index in [0.29, 0.717) is 6.42 Å². The fourth-order valence-corrected chi connectivity index (χ4v) is 2.58. The highest BCUT2D eigenvalue weighted by atomic mass is 32.2. The predicted octanol–water partition coefficient (Wildman–Crippen LogP) is -0.157. The number of amides is 1. The highest BCUT2D eigenvalue weighted by Crippen LogP contribution is 2.21. The summed E-state index contributed by atoms with van der Waals surface area (Å²) in [5.74, 6) is -0.586. The summed E-state index contributed by atoms with van der Waals surface area (Å²) in [6.45, 7) is 1.63. The van der Waals surface area contributed by atoms with Gasteiger partial charge in [0.1, 0.15) is 5.75 Å². The molecular weight excluding hydrogens is 284 g/mol. The molecule has 0 bridgehead atoms. The standard InChI is InChI=1S/C12H18N2O5S/c1-3-8(15)7-14-20(17,18)9-4-5-11(19-2)10(6-9)12(13)16/h4-6,8,14-15H,3,7H2,1-2H3,(H2,13,16). The van der Waals surface area contributed by atoms with Crippen molar-refractivity contribution in [1.82, 2.24) is 4.72 Å². The summed E-state index contributed by atoms with van der Waals surface area (Å²) < 4.78 is 31.2. The summed E-state index contributed by atoms with van der Waals surface area (Å²) >= 11 is 0. The zero-order chi connectivity index (χ0) is 15.3. The zero-order valence-electron chi connectivity index (χ0n) is 11.3. The maximum absolute atomic E-state index is 12.0. The largest absolute Gasteiger partial charge is 0.496 e. The molecule has 0 saturated carbocycles. The van der Waals surface area contributed by atoms with Gasteiger partial charge in [-0.3, -0.25) is 4.79 Å². The lowest BCUT2D eigenvalue weighted by molar-refractivity contribution is 0.0997. The summed E-state index contributed by atoms with van der Waals surface area (Å²) in [5, 5.41) is 9.37. The van der Waals surface area contributed by atoms with Gasteiger partial charge in [0, 0.05) is 6.54 Å². The van der Waals surface area contributed by atoms with Crippen LogP contribution in [0.4, 0.5) is 0 Å². The van der Waals surface area contributed by atoms with E-state index < -0.39 is 22.0 Å². The first-order valence-corrected chi connectivity index (χ1v) is 7.45. The molecule has 0 aliphatic rings. The maximum Gasteiger partial charge on any atom is 0.252 e. The minimum atomic E-state index is -3.82. The first kappa shape index (κ1) is 16.4. The van der Waals surface area contributed by atoms with Crippen LogP contribution in [0.1, 0.15) is 23.7 Å². The normalized spacial score (nSPS) is 12.9. The van der Waals surface area contributed by atoms with E-state index in [1.165, 1.54) is 19.2 Å². The average molecular weight is 302 g/mol. The van der Waals surface area contributed by atoms with Crippen molar-refractivity contribution >= 4 is 15.9 Å². The predicted molar refractivity (Wildman–Crippen MR) is 73.0 cm³/mol. The van der Waals surface area contributed by atoms with Crippen LogP contribution in [0.15, 0.2) is 23.1 Å². The van der Waals surface area contributed by atoms with Crippen LogP contribution in [0.25, 0.3) is 0 Å². The molecule has 112 valence electrons. The van der Waals surface area contributed by atoms with Crippen molar-refractivity contribution in [3.63, 3.8) is 0 Å². The van der Waals surface area contributed by atoms with Crippen LogP contribution in [0.3, 0.4) is 0 Å². The van der Waals surface area contributed by atoms with E-state index in [1.54, 1.807) is 6.92 Å². The molecule has 0 radical (unpaired) electrons. The SMILES string of the molecule is CCC(O)CNS(=O)(=O)c1ccc(OC)c(C(N)=O)c1. The van der Waals surface area contributed by atoms with Crippen LogP contribution in [0.2, 0.25) is 0 Å². The molecule has 1 aromatic carbocycles. The van der Waals surface area contributed by atoms with Gasteiger partial charge in [-0.1, -0.05) is 6.92 Å². The number of aliphatic hydroxyl groups is 1. The van der Waals surface area contributed by atoms with Crippen molar-refractivity contribution in [2.75, 3.05) is 13.7 Å². The fourth-order valence-electron chi connectivity index (χ4n) is 1.48. The third kappa shape index (κ3) is 3.92. The van der Waals surface area contributed by atoms with Gasteiger partial charge in [0.2, 0.25) is 10.0 Å². The summed E-state index contributed by atoms with van der Waals surface area (Å²) in [4.78, 5) is 11.1. The fraction of sp³-hybridized carbons (Fsp3) is 0.417. The molecule has 4 N–H and O–H groups in total. The second kappa shape index (κ2) is 6.69. The van der Waals surface area contributed by atoms with Crippen molar-refractivity contribution in [2.45, 2.75) is 24.3 Å². The Morgan fingerprint density at radius 3 is 2.65 bits per heavy atom. The van der Waals surface area contributed by atoms with Crippen LogP contribution in [-0.4, -0.2) is 39.2 Å². The third-order valence-corrected chi connectivity index (χ3v) is 4.15. The number of benzene rings is 1. The van der Waals surface area contributed by atoms with Gasteiger partial charge in [-0.2, -0.15) is 0 Å². The number of sulfonamides is 1. The maximum atomic E-state index is 12.0. The third-order valence-electron chi connectivity index (χ3n) is 2.73. The number of nitrogens with one attached hydrogen (secondary N) is 1. The highest BCUT2D eigenvalue weighted by Gasteiger charge is 2.19. The van der Waals surface area contributed by atoms with Crippen LogP contribution in [0.5, 0.6) is 5.75 Å². The van der Waals surface area contributed by atoms with Gasteiger partial charge >= 0.3 is 0 Å². The summed E-state index contributed by atoms with van der Waals surface area (Å²) in [6, 6.07) is 3.79. The number of carbonyl (C=O) groups excluding carboxylic acids is 1. The number of hydrogen-bond acceptors (Lipinski definition) is 5. The summed E-state index contributed by atoms with van der Waals surface area (Å²) in [5.41, 5.74) is 5.15. The second-order valence-corrected chi connectivity index (χ2v) is 5.91. The molecule has 0 aromatic heterocycles. The molecular formula is C12H18N2O5S. The minimum Gasteiger partial charge on any atom is -0.496 e. The smallest absolute Gasteiger partial charge is 0.252 e. The zero-order valence-corrected chi connectivity index (χ0v) is 12.1. The number of carbonyl (C=O) groups is 1. The van der Waals surface area contributed by atoms with Crippen LogP contribution in [0, 0.1) is 0 Å². The van der Waals surface area contributed by atoms with Crippen molar-refractivity contribution in [2.24, 2.45) is 5.73 Å². The Labute approximate surface area is 117 Å². The van der Waals surface area contributed by atoms with Gasteiger partial charge in [-0.25, -0.2) is 13.1 Å². The molecule has 1 aromatic rings. The Balaban J connectivity index is 3.07. The van der Waals surface area contributed by atoms with Crippen molar-refractivity contribution in [1.29, 1.82) is 0 Å². The van der Waals surface area contributed by atoms with Crippen LogP contribution < -0.4 is 15.2 Å². The van der Waals surface area contributed by atoms with E-state index in [9.17, 15) is 18.3 Å². The lowest BCUT2D eigenvalue weighted by Gasteiger charge is -2.12. The van der Waals surface area contributed by atoms with E-state index in [0.717, 1.165) is 6.07 Å². The van der Waals surface area contributed by atoms with E-state index in [-0.39, 0.29) is 22.8 Å². The first-order chi connectivity index (χ1) is 9.31. The Hall–Kier alpha value is -1.64. The molecule has 1 rings (SSSR count). The molecule has 1 atom stereocenters. The molecule has 0 saturated heterocycles. The van der Waals surface area contributed by atoms with Crippen molar-refractivity contribution in [3.05, 3.63) is 23.8 Å². The number of primary amides is 1. The van der Waals surface area contributed by atoms with E-state index in [2.05, 4.69) is 4.72 Å². The van der Waals surface area contributed by atoms with E-state index >= 15 is 0 Å². The summed E-state index contributed by atoms with van der Waals surface area (Å²) in [6.07, 6.45) is -0.337. The Morgan fingerprint density at radius 2 is 2.15 bits per heavy atom. The number of methoxy groups -OCH3 is 1. The minimum absolute atomic E-state index is 0.0218. The van der Waals surface area contributed by atoms with Gasteiger partial charge < -0.3 is 15.6 Å². The Morgan fingerprint density at radius 1 is 1.50 bits per heavy atom. The van der Waals surface area contributed by atoms with Gasteiger partial charge in [0.15, 0.2) is 0 Å². The number of rotatable bonds is 7. The highest BCUT2D eigenvalue weighted by molar-refractivity contribution is 7.89. The van der Waals surface area contributed by atoms with Crippen LogP contribution in [-0.2, 0) is 10.0 Å². The van der Waals surface area contributed by atoms with Gasteiger partial charge in [0.05, 0.1) is 23.7 Å². The molecule has 0 spiro atoms. The van der Waals surface area contributed by atoms with Gasteiger partial charge in [-0.15, -0.1) is 0 Å². The molecule has 0 fully saturated rings. The first-order valence-electron chi connectivity index (χ1n) is 5.97. The number of aliphatic hydroxyl groups excluding tert-OH is 1. The molecule has 7 nitrogen and oxygen atoms in total. The number of hydrogen-bond donors (Lipinski definition) is 3. The number of nitrogens with two attached hydrogens (primary N) is 1. The molecule has 8 heteroatoms. The summed E-state index contributed by atoms with van der Waals surface area (Å²) in [7, 11) is -2.47. The van der Waals surface area contributed by atoms with Crippen LogP contribution >= 0.6 is 0 Å². The Kier molecular flexibility index (Phi) is 5.49. The quantitative estimate of drug-likeness (QED) is 0.647. The topological polar surface area (TPSA) is 119 Å². The van der Waals surface area contributed by atoms with Gasteiger partial charge in [-0.05, 0) is 24.6 Å². The molecule has 0 aliphatic heterocycles. The molecule has 20 heavy (non-hydrogen) atoms.